The number of hydrogen-bond acceptors (Lipinski definition) is 5. The van der Waals surface area contributed by atoms with Crippen LogP contribution >= 0.6 is 23.4 Å². The molecule has 0 aliphatic rings. The molecule has 2 N–H and O–H groups in total. The number of methoxy groups -OCH3 is 1. The van der Waals surface area contributed by atoms with Gasteiger partial charge in [0.2, 0.25) is 0 Å². The molecule has 2 amide bonds. The lowest BCUT2D eigenvalue weighted by atomic mass is 10.2. The average Bonchev–Trinajstić information content (AvgIpc) is 3.29. The number of nitrogens with one attached hydrogen (secondary N) is 2. The molecule has 3 aromatic carbocycles. The highest BCUT2D eigenvalue weighted by atomic mass is 35.5. The lowest BCUT2D eigenvalue weighted by molar-refractivity contribution is 0.249. The molecule has 7 nitrogen and oxygen atoms in total. The number of benzene rings is 3. The lowest BCUT2D eigenvalue weighted by Crippen LogP contribution is -2.32. The lowest BCUT2D eigenvalue weighted by Gasteiger charge is -2.17. The number of thioether (sulfide) groups is 1. The first-order valence-corrected chi connectivity index (χ1v) is 12.4. The van der Waals surface area contributed by atoms with E-state index in [1.54, 1.807) is 43.1 Å². The molecule has 0 aliphatic carbocycles. The summed E-state index contributed by atoms with van der Waals surface area (Å²) in [4.78, 5) is 12.6. The number of anilines is 1. The summed E-state index contributed by atoms with van der Waals surface area (Å²) in [5, 5.41) is 16.0. The van der Waals surface area contributed by atoms with Gasteiger partial charge in [-0.1, -0.05) is 53.2 Å². The Labute approximate surface area is 213 Å². The number of carbonyl (C=O) groups excluding carboxylic acids is 1. The van der Waals surface area contributed by atoms with Gasteiger partial charge >= 0.3 is 6.03 Å². The van der Waals surface area contributed by atoms with Crippen LogP contribution in [-0.4, -0.2) is 27.9 Å². The summed E-state index contributed by atoms with van der Waals surface area (Å²) in [6.45, 7) is 3.92. The summed E-state index contributed by atoms with van der Waals surface area (Å²) in [5.41, 5.74) is 3.84. The molecule has 4 rings (SSSR count). The van der Waals surface area contributed by atoms with Gasteiger partial charge in [0.1, 0.15) is 5.75 Å². The maximum absolute atomic E-state index is 12.6. The zero-order valence-corrected chi connectivity index (χ0v) is 21.2. The Kier molecular flexibility index (Phi) is 7.94. The fourth-order valence-corrected chi connectivity index (χ4v) is 4.49. The fraction of sp³-hybridized carbons (Fsp3) is 0.192. The van der Waals surface area contributed by atoms with Crippen LogP contribution in [-0.2, 0) is 5.75 Å². The van der Waals surface area contributed by atoms with Gasteiger partial charge in [0.25, 0.3) is 0 Å². The molecular weight excluding hydrogens is 482 g/mol. The molecule has 1 heterocycles. The number of urea groups is 1. The van der Waals surface area contributed by atoms with Crippen LogP contribution in [0.15, 0.2) is 78.0 Å². The number of amides is 2. The van der Waals surface area contributed by atoms with Crippen LogP contribution in [0.25, 0.3) is 5.69 Å². The third-order valence-corrected chi connectivity index (χ3v) is 6.54. The molecular formula is C26H26ClN5O2S. The fourth-order valence-electron chi connectivity index (χ4n) is 3.46. The first-order chi connectivity index (χ1) is 16.9. The van der Waals surface area contributed by atoms with Gasteiger partial charge in [-0.05, 0) is 67.9 Å². The minimum absolute atomic E-state index is 0.344. The number of aromatic nitrogens is 3. The Morgan fingerprint density at radius 3 is 2.54 bits per heavy atom. The van der Waals surface area contributed by atoms with E-state index in [0.29, 0.717) is 22.3 Å². The Morgan fingerprint density at radius 1 is 1.09 bits per heavy atom. The summed E-state index contributed by atoms with van der Waals surface area (Å²) in [6, 6.07) is 22.3. The Hall–Kier alpha value is -3.49. The van der Waals surface area contributed by atoms with Gasteiger partial charge < -0.3 is 15.4 Å². The predicted octanol–water partition coefficient (Wildman–Crippen LogP) is 6.41. The molecule has 0 fully saturated rings. The van der Waals surface area contributed by atoms with Gasteiger partial charge in [-0.3, -0.25) is 4.57 Å². The molecule has 0 spiro atoms. The van der Waals surface area contributed by atoms with Crippen LogP contribution in [0.3, 0.4) is 0 Å². The van der Waals surface area contributed by atoms with E-state index in [4.69, 9.17) is 16.3 Å². The molecule has 4 aromatic rings. The molecule has 9 heteroatoms. The molecule has 0 aliphatic heterocycles. The molecule has 0 bridgehead atoms. The van der Waals surface area contributed by atoms with Crippen molar-refractivity contribution in [3.8, 4) is 11.4 Å². The minimum Gasteiger partial charge on any atom is -0.497 e. The monoisotopic (exact) mass is 507 g/mol. The van der Waals surface area contributed by atoms with Crippen molar-refractivity contribution >= 4 is 35.1 Å². The number of nitrogens with zero attached hydrogens (tertiary/aromatic N) is 3. The zero-order chi connectivity index (χ0) is 24.8. The minimum atomic E-state index is -0.401. The van der Waals surface area contributed by atoms with Crippen molar-refractivity contribution in [3.05, 3.63) is 94.8 Å². The van der Waals surface area contributed by atoms with E-state index in [0.717, 1.165) is 27.7 Å². The summed E-state index contributed by atoms with van der Waals surface area (Å²) in [6.07, 6.45) is 0. The molecule has 0 saturated heterocycles. The van der Waals surface area contributed by atoms with Gasteiger partial charge in [0.05, 0.1) is 13.2 Å². The molecule has 0 saturated carbocycles. The zero-order valence-electron chi connectivity index (χ0n) is 19.7. The van der Waals surface area contributed by atoms with Gasteiger partial charge in [-0.2, -0.15) is 0 Å². The third-order valence-electron chi connectivity index (χ3n) is 5.29. The van der Waals surface area contributed by atoms with Crippen molar-refractivity contribution in [1.29, 1.82) is 0 Å². The quantitative estimate of drug-likeness (QED) is 0.269. The first kappa shape index (κ1) is 24.6. The highest BCUT2D eigenvalue weighted by Gasteiger charge is 2.21. The standard InChI is InChI=1S/C26H26ClN5O2S/c1-17-7-13-22(14-8-17)32-24(18(2)28-25(33)29-21-11-9-20(27)10-12-21)30-31-26(32)35-16-19-5-4-6-23(15-19)34-3/h4-15,18H,16H2,1-3H3,(H2,28,29,33). The second kappa shape index (κ2) is 11.3. The second-order valence-electron chi connectivity index (χ2n) is 7.98. The predicted molar refractivity (Wildman–Crippen MR) is 141 cm³/mol. The molecule has 35 heavy (non-hydrogen) atoms. The van der Waals surface area contributed by atoms with Gasteiger partial charge in [0.15, 0.2) is 11.0 Å². The van der Waals surface area contributed by atoms with Crippen molar-refractivity contribution in [2.24, 2.45) is 0 Å². The van der Waals surface area contributed by atoms with Crippen LogP contribution in [0, 0.1) is 6.92 Å². The maximum Gasteiger partial charge on any atom is 0.319 e. The molecule has 180 valence electrons. The van der Waals surface area contributed by atoms with Crippen LogP contribution in [0.4, 0.5) is 10.5 Å². The second-order valence-corrected chi connectivity index (χ2v) is 9.36. The smallest absolute Gasteiger partial charge is 0.319 e. The van der Waals surface area contributed by atoms with E-state index in [1.807, 2.05) is 66.9 Å². The van der Waals surface area contributed by atoms with Crippen molar-refractivity contribution in [2.45, 2.75) is 30.8 Å². The number of halogens is 1. The van der Waals surface area contributed by atoms with E-state index in [-0.39, 0.29) is 6.03 Å². The van der Waals surface area contributed by atoms with Crippen molar-refractivity contribution in [1.82, 2.24) is 20.1 Å². The highest BCUT2D eigenvalue weighted by molar-refractivity contribution is 7.98. The number of aryl methyl sites for hydroxylation is 1. The number of ether oxygens (including phenoxy) is 1. The normalized spacial score (nSPS) is 11.7. The van der Waals surface area contributed by atoms with E-state index in [2.05, 4.69) is 20.8 Å². The number of carbonyl (C=O) groups is 1. The van der Waals surface area contributed by atoms with Crippen molar-refractivity contribution < 1.29 is 9.53 Å². The van der Waals surface area contributed by atoms with Gasteiger partial charge in [0, 0.05) is 22.2 Å². The first-order valence-electron chi connectivity index (χ1n) is 11.0. The SMILES string of the molecule is COc1cccc(CSc2nnc(C(C)NC(=O)Nc3ccc(Cl)cc3)n2-c2ccc(C)cc2)c1. The summed E-state index contributed by atoms with van der Waals surface area (Å²) < 4.78 is 7.32. The molecule has 1 atom stereocenters. The number of rotatable bonds is 8. The molecule has 0 radical (unpaired) electrons. The average molecular weight is 508 g/mol. The Morgan fingerprint density at radius 2 is 1.83 bits per heavy atom. The number of hydrogen-bond donors (Lipinski definition) is 2. The largest absolute Gasteiger partial charge is 0.497 e. The van der Waals surface area contributed by atoms with Crippen molar-refractivity contribution in [3.63, 3.8) is 0 Å². The molecule has 1 aromatic heterocycles. The topological polar surface area (TPSA) is 81.1 Å². The van der Waals surface area contributed by atoms with E-state index in [1.165, 1.54) is 0 Å². The summed E-state index contributed by atoms with van der Waals surface area (Å²) in [7, 11) is 1.66. The molecule has 1 unspecified atom stereocenters. The van der Waals surface area contributed by atoms with Crippen molar-refractivity contribution in [2.75, 3.05) is 12.4 Å². The summed E-state index contributed by atoms with van der Waals surface area (Å²) in [5.74, 6) is 2.14. The Balaban J connectivity index is 1.55. The highest BCUT2D eigenvalue weighted by Crippen LogP contribution is 2.28. The Bertz CT molecular complexity index is 1290. The summed E-state index contributed by atoms with van der Waals surface area (Å²) >= 11 is 7.50. The van der Waals surface area contributed by atoms with Gasteiger partial charge in [-0.25, -0.2) is 4.79 Å². The van der Waals surface area contributed by atoms with E-state index >= 15 is 0 Å². The third kappa shape index (κ3) is 6.35. The van der Waals surface area contributed by atoms with Crippen LogP contribution in [0.2, 0.25) is 5.02 Å². The van der Waals surface area contributed by atoms with Crippen LogP contribution in [0.5, 0.6) is 5.75 Å². The van der Waals surface area contributed by atoms with Crippen LogP contribution < -0.4 is 15.4 Å². The maximum atomic E-state index is 12.6. The van der Waals surface area contributed by atoms with E-state index in [9.17, 15) is 4.79 Å². The van der Waals surface area contributed by atoms with E-state index < -0.39 is 6.04 Å². The van der Waals surface area contributed by atoms with Crippen LogP contribution in [0.1, 0.15) is 29.9 Å². The van der Waals surface area contributed by atoms with Gasteiger partial charge in [-0.15, -0.1) is 10.2 Å².